The molecule has 0 aromatic heterocycles. The van der Waals surface area contributed by atoms with Crippen LogP contribution < -0.4 is 5.32 Å². The van der Waals surface area contributed by atoms with Gasteiger partial charge in [0.15, 0.2) is 6.61 Å². The van der Waals surface area contributed by atoms with Gasteiger partial charge in [-0.15, -0.1) is 0 Å². The number of nitrogens with zero attached hydrogens (tertiary/aromatic N) is 1. The quantitative estimate of drug-likeness (QED) is 0.440. The number of nitro groups is 1. The number of benzene rings is 2. The van der Waals surface area contributed by atoms with Gasteiger partial charge in [0.1, 0.15) is 0 Å². The van der Waals surface area contributed by atoms with Crippen molar-refractivity contribution in [2.45, 2.75) is 26.3 Å². The van der Waals surface area contributed by atoms with E-state index < -0.39 is 23.4 Å². The highest BCUT2D eigenvalue weighted by Gasteiger charge is 2.18. The number of nitro benzene ring substituents is 1. The van der Waals surface area contributed by atoms with Gasteiger partial charge in [0.25, 0.3) is 11.6 Å². The minimum atomic E-state index is -0.904. The van der Waals surface area contributed by atoms with Crippen LogP contribution in [0.3, 0.4) is 0 Å². The summed E-state index contributed by atoms with van der Waals surface area (Å²) in [7, 11) is 0. The molecule has 2 aromatic carbocycles. The molecule has 0 radical (unpaired) electrons. The fraction of sp³-hybridized carbons (Fsp3) is 0.263. The molecule has 0 aliphatic rings. The predicted molar refractivity (Wildman–Crippen MR) is 101 cm³/mol. The molecule has 0 aliphatic heterocycles. The van der Waals surface area contributed by atoms with E-state index in [9.17, 15) is 19.7 Å². The minimum Gasteiger partial charge on any atom is -0.452 e. The lowest BCUT2D eigenvalue weighted by Crippen LogP contribution is -2.31. The maximum atomic E-state index is 12.1. The highest BCUT2D eigenvalue weighted by Crippen LogP contribution is 2.22. The van der Waals surface area contributed by atoms with E-state index in [0.717, 1.165) is 18.1 Å². The molecule has 7 nitrogen and oxygen atoms in total. The molecule has 0 fully saturated rings. The zero-order valence-corrected chi connectivity index (χ0v) is 15.7. The fourth-order valence-electron chi connectivity index (χ4n) is 2.40. The Bertz CT molecular complexity index is 852. The number of halogens is 1. The van der Waals surface area contributed by atoms with Crippen LogP contribution in [0.25, 0.3) is 0 Å². The van der Waals surface area contributed by atoms with Crippen LogP contribution in [-0.2, 0) is 16.0 Å². The standard InChI is InChI=1S/C19H19ClN2O5/c1-3-13-4-6-14(7-5-13)12(2)21-18(23)11-27-19(24)16-10-15(22(25)26)8-9-17(16)20/h4-10,12H,3,11H2,1-2H3,(H,21,23)/t12-/m1/s1. The van der Waals surface area contributed by atoms with Crippen LogP contribution in [0.2, 0.25) is 5.02 Å². The second kappa shape index (κ2) is 9.14. The Morgan fingerprint density at radius 3 is 2.48 bits per heavy atom. The molecule has 0 heterocycles. The molecular formula is C19H19ClN2O5. The Labute approximate surface area is 161 Å². The topological polar surface area (TPSA) is 98.5 Å². The summed E-state index contributed by atoms with van der Waals surface area (Å²) in [6.07, 6.45) is 0.928. The molecule has 8 heteroatoms. The molecule has 0 aliphatic carbocycles. The summed E-state index contributed by atoms with van der Waals surface area (Å²) >= 11 is 5.88. The van der Waals surface area contributed by atoms with Gasteiger partial charge in [-0.05, 0) is 30.5 Å². The maximum Gasteiger partial charge on any atom is 0.340 e. The van der Waals surface area contributed by atoms with Crippen molar-refractivity contribution in [2.24, 2.45) is 0 Å². The molecule has 2 rings (SSSR count). The summed E-state index contributed by atoms with van der Waals surface area (Å²) in [5.41, 5.74) is 1.66. The Hall–Kier alpha value is -2.93. The lowest BCUT2D eigenvalue weighted by molar-refractivity contribution is -0.384. The van der Waals surface area contributed by atoms with Crippen molar-refractivity contribution < 1.29 is 19.2 Å². The Balaban J connectivity index is 1.93. The molecule has 1 N–H and O–H groups in total. The largest absolute Gasteiger partial charge is 0.452 e. The van der Waals surface area contributed by atoms with E-state index >= 15 is 0 Å². The van der Waals surface area contributed by atoms with Crippen molar-refractivity contribution in [2.75, 3.05) is 6.61 Å². The molecule has 1 amide bonds. The number of rotatable bonds is 7. The van der Waals surface area contributed by atoms with E-state index in [-0.39, 0.29) is 22.3 Å². The fourth-order valence-corrected chi connectivity index (χ4v) is 2.60. The molecule has 27 heavy (non-hydrogen) atoms. The Kier molecular flexibility index (Phi) is 6.90. The average Bonchev–Trinajstić information content (AvgIpc) is 2.66. The van der Waals surface area contributed by atoms with Gasteiger partial charge in [-0.2, -0.15) is 0 Å². The van der Waals surface area contributed by atoms with Crippen LogP contribution in [0.15, 0.2) is 42.5 Å². The summed E-state index contributed by atoms with van der Waals surface area (Å²) in [5, 5.41) is 13.5. The number of carbonyl (C=O) groups is 2. The van der Waals surface area contributed by atoms with Gasteiger partial charge in [-0.1, -0.05) is 42.8 Å². The molecule has 2 aromatic rings. The summed E-state index contributed by atoms with van der Waals surface area (Å²) in [5.74, 6) is -1.39. The number of nitrogens with one attached hydrogen (secondary N) is 1. The molecule has 0 unspecified atom stereocenters. The number of amides is 1. The smallest absolute Gasteiger partial charge is 0.340 e. The van der Waals surface area contributed by atoms with Crippen LogP contribution >= 0.6 is 11.6 Å². The Morgan fingerprint density at radius 2 is 1.89 bits per heavy atom. The van der Waals surface area contributed by atoms with E-state index in [1.165, 1.54) is 17.7 Å². The monoisotopic (exact) mass is 390 g/mol. The van der Waals surface area contributed by atoms with Crippen molar-refractivity contribution in [1.29, 1.82) is 0 Å². The van der Waals surface area contributed by atoms with E-state index in [1.54, 1.807) is 0 Å². The third-order valence-corrected chi connectivity index (χ3v) is 4.31. The predicted octanol–water partition coefficient (Wildman–Crippen LogP) is 3.84. The highest BCUT2D eigenvalue weighted by molar-refractivity contribution is 6.33. The molecule has 0 saturated heterocycles. The summed E-state index contributed by atoms with van der Waals surface area (Å²) < 4.78 is 4.92. The van der Waals surface area contributed by atoms with Gasteiger partial charge in [-0.3, -0.25) is 14.9 Å². The number of hydrogen-bond donors (Lipinski definition) is 1. The molecular weight excluding hydrogens is 372 g/mol. The van der Waals surface area contributed by atoms with E-state index in [2.05, 4.69) is 12.2 Å². The van der Waals surface area contributed by atoms with Gasteiger partial charge in [-0.25, -0.2) is 4.79 Å². The van der Waals surface area contributed by atoms with Crippen molar-refractivity contribution in [3.05, 3.63) is 74.3 Å². The summed E-state index contributed by atoms with van der Waals surface area (Å²) in [6, 6.07) is 11.0. The van der Waals surface area contributed by atoms with Crippen molar-refractivity contribution in [3.63, 3.8) is 0 Å². The number of carbonyl (C=O) groups excluding carboxylic acids is 2. The lowest BCUT2D eigenvalue weighted by atomic mass is 10.1. The van der Waals surface area contributed by atoms with Gasteiger partial charge in [0.2, 0.25) is 0 Å². The van der Waals surface area contributed by atoms with Crippen molar-refractivity contribution >= 4 is 29.2 Å². The second-order valence-electron chi connectivity index (χ2n) is 5.88. The van der Waals surface area contributed by atoms with Gasteiger partial charge < -0.3 is 10.1 Å². The average molecular weight is 391 g/mol. The van der Waals surface area contributed by atoms with Crippen molar-refractivity contribution in [3.8, 4) is 0 Å². The first-order chi connectivity index (χ1) is 12.8. The molecule has 142 valence electrons. The molecule has 0 spiro atoms. The van der Waals surface area contributed by atoms with Gasteiger partial charge >= 0.3 is 5.97 Å². The first-order valence-electron chi connectivity index (χ1n) is 8.31. The maximum absolute atomic E-state index is 12.1. The normalized spacial score (nSPS) is 11.5. The first kappa shape index (κ1) is 20.4. The van der Waals surface area contributed by atoms with E-state index in [4.69, 9.17) is 16.3 Å². The van der Waals surface area contributed by atoms with Crippen LogP contribution in [0.5, 0.6) is 0 Å². The SMILES string of the molecule is CCc1ccc([C@@H](C)NC(=O)COC(=O)c2cc([N+](=O)[O-])ccc2Cl)cc1. The number of aryl methyl sites for hydroxylation is 1. The van der Waals surface area contributed by atoms with Crippen LogP contribution in [0, 0.1) is 10.1 Å². The van der Waals surface area contributed by atoms with E-state index in [1.807, 2.05) is 31.2 Å². The second-order valence-corrected chi connectivity index (χ2v) is 6.29. The van der Waals surface area contributed by atoms with E-state index in [0.29, 0.717) is 0 Å². The van der Waals surface area contributed by atoms with Crippen LogP contribution in [-0.4, -0.2) is 23.4 Å². The first-order valence-corrected chi connectivity index (χ1v) is 8.69. The zero-order chi connectivity index (χ0) is 20.0. The zero-order valence-electron chi connectivity index (χ0n) is 14.9. The summed E-state index contributed by atoms with van der Waals surface area (Å²) in [4.78, 5) is 34.2. The number of non-ortho nitro benzene ring substituents is 1. The minimum absolute atomic E-state index is 0.00962. The molecule has 0 saturated carbocycles. The highest BCUT2D eigenvalue weighted by atomic mass is 35.5. The number of esters is 1. The van der Waals surface area contributed by atoms with Crippen molar-refractivity contribution in [1.82, 2.24) is 5.32 Å². The third-order valence-electron chi connectivity index (χ3n) is 3.98. The Morgan fingerprint density at radius 1 is 1.22 bits per heavy atom. The van der Waals surface area contributed by atoms with Gasteiger partial charge in [0, 0.05) is 12.1 Å². The number of hydrogen-bond acceptors (Lipinski definition) is 5. The number of ether oxygens (including phenoxy) is 1. The van der Waals surface area contributed by atoms with Gasteiger partial charge in [0.05, 0.1) is 21.6 Å². The molecule has 0 bridgehead atoms. The summed E-state index contributed by atoms with van der Waals surface area (Å²) in [6.45, 7) is 3.36. The lowest BCUT2D eigenvalue weighted by Gasteiger charge is -2.15. The van der Waals surface area contributed by atoms with Crippen LogP contribution in [0.1, 0.15) is 41.4 Å². The molecule has 1 atom stereocenters. The third kappa shape index (κ3) is 5.52. The van der Waals surface area contributed by atoms with Crippen LogP contribution in [0.4, 0.5) is 5.69 Å².